The maximum absolute atomic E-state index is 12.5. The van der Waals surface area contributed by atoms with E-state index in [1.165, 1.54) is 7.11 Å². The van der Waals surface area contributed by atoms with Gasteiger partial charge in [-0.1, -0.05) is 24.3 Å². The summed E-state index contributed by atoms with van der Waals surface area (Å²) in [5, 5.41) is 9.27. The smallest absolute Gasteiger partial charge is 0.265 e. The summed E-state index contributed by atoms with van der Waals surface area (Å²) in [6.45, 7) is 1.56. The normalized spacial score (nSPS) is 11.2. The number of benzene rings is 2. The Bertz CT molecular complexity index is 741. The molecule has 2 rings (SSSR count). The molecule has 0 fully saturated rings. The minimum atomic E-state index is -3.80. The summed E-state index contributed by atoms with van der Waals surface area (Å²) >= 11 is 0. The molecule has 2 aromatic carbocycles. The molecule has 2 aromatic rings. The molecule has 112 valence electrons. The van der Waals surface area contributed by atoms with Crippen LogP contribution in [0.25, 0.3) is 0 Å². The first-order valence-electron chi connectivity index (χ1n) is 6.34. The molecule has 0 aliphatic heterocycles. The number of methoxy groups -OCH3 is 1. The third-order valence-electron chi connectivity index (χ3n) is 3.04. The lowest BCUT2D eigenvalue weighted by Gasteiger charge is -2.14. The second-order valence-electron chi connectivity index (χ2n) is 4.58. The van der Waals surface area contributed by atoms with E-state index in [2.05, 4.69) is 4.72 Å². The molecule has 0 radical (unpaired) electrons. The van der Waals surface area contributed by atoms with Gasteiger partial charge in [0.05, 0.1) is 19.4 Å². The summed E-state index contributed by atoms with van der Waals surface area (Å²) in [7, 11) is -2.38. The zero-order chi connectivity index (χ0) is 15.5. The van der Waals surface area contributed by atoms with Crippen molar-refractivity contribution in [2.24, 2.45) is 0 Å². The van der Waals surface area contributed by atoms with Crippen molar-refractivity contribution in [2.45, 2.75) is 18.4 Å². The predicted octanol–water partition coefficient (Wildman–Crippen LogP) is 2.30. The molecule has 0 amide bonds. The van der Waals surface area contributed by atoms with Crippen molar-refractivity contribution >= 4 is 15.7 Å². The van der Waals surface area contributed by atoms with Crippen LogP contribution < -0.4 is 9.46 Å². The Morgan fingerprint density at radius 3 is 2.57 bits per heavy atom. The van der Waals surface area contributed by atoms with Crippen LogP contribution in [0, 0.1) is 6.92 Å². The van der Waals surface area contributed by atoms with Crippen LogP contribution in [-0.2, 0) is 16.6 Å². The van der Waals surface area contributed by atoms with Crippen molar-refractivity contribution in [3.63, 3.8) is 0 Å². The molecule has 0 saturated carbocycles. The number of aryl methyl sites for hydroxylation is 1. The molecule has 0 aliphatic carbocycles. The van der Waals surface area contributed by atoms with Gasteiger partial charge in [-0.25, -0.2) is 8.42 Å². The minimum Gasteiger partial charge on any atom is -0.495 e. The second kappa shape index (κ2) is 6.15. The van der Waals surface area contributed by atoms with Crippen LogP contribution in [0.2, 0.25) is 0 Å². The van der Waals surface area contributed by atoms with Gasteiger partial charge in [0.25, 0.3) is 10.0 Å². The zero-order valence-electron chi connectivity index (χ0n) is 11.8. The van der Waals surface area contributed by atoms with E-state index in [-0.39, 0.29) is 17.3 Å². The SMILES string of the molecule is COc1ccc(C)cc1S(=O)(=O)Nc1ccccc1CO. The number of anilines is 1. The molecule has 0 saturated heterocycles. The molecule has 5 nitrogen and oxygen atoms in total. The van der Waals surface area contributed by atoms with Gasteiger partial charge in [0.1, 0.15) is 10.6 Å². The Hall–Kier alpha value is -2.05. The van der Waals surface area contributed by atoms with Gasteiger partial charge in [-0.3, -0.25) is 4.72 Å². The summed E-state index contributed by atoms with van der Waals surface area (Å²) in [6, 6.07) is 11.6. The lowest BCUT2D eigenvalue weighted by molar-refractivity contribution is 0.282. The Morgan fingerprint density at radius 2 is 1.90 bits per heavy atom. The van der Waals surface area contributed by atoms with E-state index in [0.29, 0.717) is 11.3 Å². The Kier molecular flexibility index (Phi) is 4.50. The maximum atomic E-state index is 12.5. The van der Waals surface area contributed by atoms with Crippen molar-refractivity contribution in [2.75, 3.05) is 11.8 Å². The minimum absolute atomic E-state index is 0.0674. The summed E-state index contributed by atoms with van der Waals surface area (Å²) < 4.78 is 32.7. The number of hydrogen-bond donors (Lipinski definition) is 2. The largest absolute Gasteiger partial charge is 0.495 e. The Morgan fingerprint density at radius 1 is 1.19 bits per heavy atom. The van der Waals surface area contributed by atoms with Gasteiger partial charge >= 0.3 is 0 Å². The first-order valence-corrected chi connectivity index (χ1v) is 7.82. The highest BCUT2D eigenvalue weighted by Crippen LogP contribution is 2.27. The second-order valence-corrected chi connectivity index (χ2v) is 6.23. The van der Waals surface area contributed by atoms with E-state index in [0.717, 1.165) is 5.56 Å². The molecule has 0 aliphatic rings. The van der Waals surface area contributed by atoms with Gasteiger partial charge in [-0.05, 0) is 30.7 Å². The molecule has 6 heteroatoms. The molecule has 0 atom stereocenters. The highest BCUT2D eigenvalue weighted by molar-refractivity contribution is 7.92. The third-order valence-corrected chi connectivity index (χ3v) is 4.43. The van der Waals surface area contributed by atoms with Crippen molar-refractivity contribution in [3.8, 4) is 5.75 Å². The third kappa shape index (κ3) is 3.34. The number of hydrogen-bond acceptors (Lipinski definition) is 4. The van der Waals surface area contributed by atoms with Crippen LogP contribution >= 0.6 is 0 Å². The molecule has 0 spiro atoms. The summed E-state index contributed by atoms with van der Waals surface area (Å²) in [6.07, 6.45) is 0. The van der Waals surface area contributed by atoms with Gasteiger partial charge in [0, 0.05) is 5.56 Å². The van der Waals surface area contributed by atoms with E-state index in [4.69, 9.17) is 4.74 Å². The van der Waals surface area contributed by atoms with Crippen molar-refractivity contribution in [1.29, 1.82) is 0 Å². The van der Waals surface area contributed by atoms with Crippen molar-refractivity contribution in [3.05, 3.63) is 53.6 Å². The molecular weight excluding hydrogens is 290 g/mol. The van der Waals surface area contributed by atoms with Crippen LogP contribution in [0.1, 0.15) is 11.1 Å². The monoisotopic (exact) mass is 307 g/mol. The average molecular weight is 307 g/mol. The molecule has 0 aromatic heterocycles. The average Bonchev–Trinajstić information content (AvgIpc) is 2.47. The fourth-order valence-electron chi connectivity index (χ4n) is 1.95. The highest BCUT2D eigenvalue weighted by atomic mass is 32.2. The number of para-hydroxylation sites is 1. The molecule has 21 heavy (non-hydrogen) atoms. The van der Waals surface area contributed by atoms with Crippen LogP contribution in [0.3, 0.4) is 0 Å². The van der Waals surface area contributed by atoms with Crippen LogP contribution in [0.5, 0.6) is 5.75 Å². The Labute approximate surface area is 124 Å². The fraction of sp³-hybridized carbons (Fsp3) is 0.200. The quantitative estimate of drug-likeness (QED) is 0.888. The molecule has 0 unspecified atom stereocenters. The maximum Gasteiger partial charge on any atom is 0.265 e. The summed E-state index contributed by atoms with van der Waals surface area (Å²) in [4.78, 5) is 0.0674. The molecular formula is C15H17NO4S. The zero-order valence-corrected chi connectivity index (χ0v) is 12.6. The van der Waals surface area contributed by atoms with Gasteiger partial charge in [-0.15, -0.1) is 0 Å². The lowest BCUT2D eigenvalue weighted by atomic mass is 10.2. The number of nitrogens with one attached hydrogen (secondary N) is 1. The van der Waals surface area contributed by atoms with Gasteiger partial charge in [0.15, 0.2) is 0 Å². The number of aliphatic hydroxyl groups excluding tert-OH is 1. The van der Waals surface area contributed by atoms with Crippen LogP contribution in [0.15, 0.2) is 47.4 Å². The van der Waals surface area contributed by atoms with E-state index >= 15 is 0 Å². The molecule has 0 heterocycles. The predicted molar refractivity (Wildman–Crippen MR) is 80.9 cm³/mol. The number of rotatable bonds is 5. The van der Waals surface area contributed by atoms with E-state index in [1.807, 2.05) is 0 Å². The Balaban J connectivity index is 2.46. The standard InChI is InChI=1S/C15H17NO4S/c1-11-7-8-14(20-2)15(9-11)21(18,19)16-13-6-4-3-5-12(13)10-17/h3-9,16-17H,10H2,1-2H3. The lowest BCUT2D eigenvalue weighted by Crippen LogP contribution is -2.15. The van der Waals surface area contributed by atoms with Gasteiger partial charge < -0.3 is 9.84 Å². The van der Waals surface area contributed by atoms with E-state index < -0.39 is 10.0 Å². The van der Waals surface area contributed by atoms with Crippen molar-refractivity contribution in [1.82, 2.24) is 0 Å². The van der Waals surface area contributed by atoms with Crippen molar-refractivity contribution < 1.29 is 18.3 Å². The van der Waals surface area contributed by atoms with E-state index in [1.54, 1.807) is 49.4 Å². The topological polar surface area (TPSA) is 75.6 Å². The molecule has 0 bridgehead atoms. The number of ether oxygens (including phenoxy) is 1. The van der Waals surface area contributed by atoms with Gasteiger partial charge in [0.2, 0.25) is 0 Å². The highest BCUT2D eigenvalue weighted by Gasteiger charge is 2.20. The summed E-state index contributed by atoms with van der Waals surface area (Å²) in [5.41, 5.74) is 1.67. The van der Waals surface area contributed by atoms with E-state index in [9.17, 15) is 13.5 Å². The molecule has 2 N–H and O–H groups in total. The van der Waals surface area contributed by atoms with Gasteiger partial charge in [-0.2, -0.15) is 0 Å². The first kappa shape index (κ1) is 15.3. The first-order chi connectivity index (χ1) is 9.97. The summed E-state index contributed by atoms with van der Waals surface area (Å²) in [5.74, 6) is 0.273. The number of aliphatic hydroxyl groups is 1. The number of sulfonamides is 1. The fourth-order valence-corrected chi connectivity index (χ4v) is 3.31. The van der Waals surface area contributed by atoms with Crippen LogP contribution in [-0.4, -0.2) is 20.6 Å². The van der Waals surface area contributed by atoms with Crippen LogP contribution in [0.4, 0.5) is 5.69 Å².